The predicted molar refractivity (Wildman–Crippen MR) is 113 cm³/mol. The highest BCUT2D eigenvalue weighted by atomic mass is 35.5. The summed E-state index contributed by atoms with van der Waals surface area (Å²) in [6.45, 7) is 0.143. The maximum Gasteiger partial charge on any atom is 0.251 e. The van der Waals surface area contributed by atoms with Crippen molar-refractivity contribution in [3.63, 3.8) is 0 Å². The Labute approximate surface area is 179 Å². The minimum absolute atomic E-state index is 0.143. The number of hydrogen-bond donors (Lipinski definition) is 1. The Balaban J connectivity index is 1.37. The van der Waals surface area contributed by atoms with Gasteiger partial charge in [-0.1, -0.05) is 53.6 Å². The molecule has 1 aliphatic rings. The van der Waals surface area contributed by atoms with E-state index in [1.807, 2.05) is 12.1 Å². The number of hydrogen-bond acceptors (Lipinski definition) is 3. The zero-order valence-electron chi connectivity index (χ0n) is 16.3. The Hall–Kier alpha value is -3.10. The molecule has 1 heterocycles. The van der Waals surface area contributed by atoms with Crippen LogP contribution >= 0.6 is 11.6 Å². The fourth-order valence-corrected chi connectivity index (χ4v) is 3.56. The largest absolute Gasteiger partial charge is 0.359 e. The molecule has 0 aliphatic heterocycles. The normalized spacial score (nSPS) is 13.7. The van der Waals surface area contributed by atoms with Crippen molar-refractivity contribution >= 4 is 17.5 Å². The maximum absolute atomic E-state index is 14.3. The standard InChI is InChI=1S/C24H20ClFN2O2/c25-20-11-9-18(10-12-20)23-14-21(30-28-23)15-27-24(29)19-8-7-17(22(26)13-19)6-5-16-3-1-2-4-16/h7-14,16H,1-4,15H2,(H,27,29). The highest BCUT2D eigenvalue weighted by molar-refractivity contribution is 6.30. The minimum atomic E-state index is -0.488. The van der Waals surface area contributed by atoms with Crippen molar-refractivity contribution < 1.29 is 13.7 Å². The second kappa shape index (κ2) is 9.15. The zero-order chi connectivity index (χ0) is 20.9. The third kappa shape index (κ3) is 4.90. The average molecular weight is 423 g/mol. The van der Waals surface area contributed by atoms with Gasteiger partial charge in [-0.3, -0.25) is 4.79 Å². The van der Waals surface area contributed by atoms with Crippen molar-refractivity contribution in [3.05, 3.63) is 76.3 Å². The molecule has 1 N–H and O–H groups in total. The van der Waals surface area contributed by atoms with Gasteiger partial charge in [-0.2, -0.15) is 0 Å². The molecule has 0 bridgehead atoms. The van der Waals surface area contributed by atoms with Gasteiger partial charge >= 0.3 is 0 Å². The molecule has 1 saturated carbocycles. The van der Waals surface area contributed by atoms with E-state index in [9.17, 15) is 9.18 Å². The van der Waals surface area contributed by atoms with Gasteiger partial charge in [0, 0.05) is 28.1 Å². The molecule has 1 fully saturated rings. The van der Waals surface area contributed by atoms with E-state index in [1.165, 1.54) is 18.9 Å². The van der Waals surface area contributed by atoms with Gasteiger partial charge in [-0.05, 0) is 43.2 Å². The Morgan fingerprint density at radius 1 is 1.17 bits per heavy atom. The van der Waals surface area contributed by atoms with Gasteiger partial charge < -0.3 is 9.84 Å². The van der Waals surface area contributed by atoms with Gasteiger partial charge in [-0.25, -0.2) is 4.39 Å². The number of amides is 1. The molecule has 1 aliphatic carbocycles. The van der Waals surface area contributed by atoms with Crippen LogP contribution in [0.2, 0.25) is 5.02 Å². The third-order valence-corrected chi connectivity index (χ3v) is 5.37. The molecule has 152 valence electrons. The van der Waals surface area contributed by atoms with Crippen LogP contribution < -0.4 is 5.32 Å². The molecule has 1 amide bonds. The summed E-state index contributed by atoms with van der Waals surface area (Å²) in [6.07, 6.45) is 4.54. The van der Waals surface area contributed by atoms with E-state index >= 15 is 0 Å². The lowest BCUT2D eigenvalue weighted by Crippen LogP contribution is -2.22. The molecule has 0 atom stereocenters. The van der Waals surface area contributed by atoms with Gasteiger partial charge in [-0.15, -0.1) is 0 Å². The molecular weight excluding hydrogens is 403 g/mol. The molecular formula is C24H20ClFN2O2. The van der Waals surface area contributed by atoms with Crippen molar-refractivity contribution in [1.82, 2.24) is 10.5 Å². The first-order valence-electron chi connectivity index (χ1n) is 9.89. The Morgan fingerprint density at radius 3 is 2.67 bits per heavy atom. The lowest BCUT2D eigenvalue weighted by Gasteiger charge is -2.04. The number of aromatic nitrogens is 1. The summed E-state index contributed by atoms with van der Waals surface area (Å²) in [4.78, 5) is 12.4. The van der Waals surface area contributed by atoms with Crippen LogP contribution in [0.4, 0.5) is 4.39 Å². The summed E-state index contributed by atoms with van der Waals surface area (Å²) in [5.41, 5.74) is 2.06. The van der Waals surface area contributed by atoms with E-state index in [4.69, 9.17) is 16.1 Å². The van der Waals surface area contributed by atoms with Crippen molar-refractivity contribution in [3.8, 4) is 23.1 Å². The molecule has 0 spiro atoms. The fourth-order valence-electron chi connectivity index (χ4n) is 3.43. The summed E-state index contributed by atoms with van der Waals surface area (Å²) in [5.74, 6) is 6.01. The maximum atomic E-state index is 14.3. The minimum Gasteiger partial charge on any atom is -0.359 e. The number of carbonyl (C=O) groups is 1. The van der Waals surface area contributed by atoms with E-state index in [0.717, 1.165) is 18.4 Å². The molecule has 6 heteroatoms. The monoisotopic (exact) mass is 422 g/mol. The smallest absolute Gasteiger partial charge is 0.251 e. The van der Waals surface area contributed by atoms with Crippen LogP contribution in [0.1, 0.15) is 47.4 Å². The third-order valence-electron chi connectivity index (χ3n) is 5.12. The first-order chi connectivity index (χ1) is 14.6. The Bertz CT molecular complexity index is 1110. The van der Waals surface area contributed by atoms with Crippen molar-refractivity contribution in [1.29, 1.82) is 0 Å². The highest BCUT2D eigenvalue weighted by Crippen LogP contribution is 2.24. The summed E-state index contributed by atoms with van der Waals surface area (Å²) < 4.78 is 19.6. The van der Waals surface area contributed by atoms with Gasteiger partial charge in [0.05, 0.1) is 12.1 Å². The molecule has 0 unspecified atom stereocenters. The molecule has 2 aromatic carbocycles. The highest BCUT2D eigenvalue weighted by Gasteiger charge is 2.13. The van der Waals surface area contributed by atoms with Crippen LogP contribution in [0.3, 0.4) is 0 Å². The molecule has 30 heavy (non-hydrogen) atoms. The van der Waals surface area contributed by atoms with E-state index in [0.29, 0.717) is 28.0 Å². The topological polar surface area (TPSA) is 55.1 Å². The molecule has 4 nitrogen and oxygen atoms in total. The zero-order valence-corrected chi connectivity index (χ0v) is 17.0. The summed E-state index contributed by atoms with van der Waals surface area (Å²) in [6, 6.07) is 13.3. The van der Waals surface area contributed by atoms with Gasteiger partial charge in [0.1, 0.15) is 11.5 Å². The quantitative estimate of drug-likeness (QED) is 0.556. The number of nitrogens with one attached hydrogen (secondary N) is 1. The molecule has 3 aromatic rings. The molecule has 0 saturated heterocycles. The molecule has 1 aromatic heterocycles. The fraction of sp³-hybridized carbons (Fsp3) is 0.250. The second-order valence-corrected chi connectivity index (χ2v) is 7.75. The number of nitrogens with zero attached hydrogens (tertiary/aromatic N) is 1. The van der Waals surface area contributed by atoms with Crippen molar-refractivity contribution in [2.45, 2.75) is 32.2 Å². The lowest BCUT2D eigenvalue weighted by atomic mass is 10.1. The van der Waals surface area contributed by atoms with Crippen LogP contribution in [-0.4, -0.2) is 11.1 Å². The lowest BCUT2D eigenvalue weighted by molar-refractivity contribution is 0.0946. The number of halogens is 2. The van der Waals surface area contributed by atoms with Crippen LogP contribution in [0.25, 0.3) is 11.3 Å². The van der Waals surface area contributed by atoms with Crippen LogP contribution in [0.5, 0.6) is 0 Å². The second-order valence-electron chi connectivity index (χ2n) is 7.31. The number of benzene rings is 2. The average Bonchev–Trinajstić information content (AvgIpc) is 3.44. The van der Waals surface area contributed by atoms with E-state index in [-0.39, 0.29) is 12.1 Å². The van der Waals surface area contributed by atoms with Gasteiger partial charge in [0.25, 0.3) is 5.91 Å². The van der Waals surface area contributed by atoms with E-state index in [2.05, 4.69) is 22.3 Å². The van der Waals surface area contributed by atoms with Crippen LogP contribution in [0.15, 0.2) is 53.1 Å². The first-order valence-corrected chi connectivity index (χ1v) is 10.3. The van der Waals surface area contributed by atoms with E-state index < -0.39 is 11.7 Å². The Kier molecular flexibility index (Phi) is 6.15. The number of carbonyl (C=O) groups excluding carboxylic acids is 1. The van der Waals surface area contributed by atoms with Crippen LogP contribution in [-0.2, 0) is 6.54 Å². The number of rotatable bonds is 4. The summed E-state index contributed by atoms with van der Waals surface area (Å²) in [7, 11) is 0. The summed E-state index contributed by atoms with van der Waals surface area (Å²) >= 11 is 5.89. The molecule has 4 rings (SSSR count). The van der Waals surface area contributed by atoms with E-state index in [1.54, 1.807) is 30.3 Å². The van der Waals surface area contributed by atoms with Crippen LogP contribution in [0, 0.1) is 23.6 Å². The Morgan fingerprint density at radius 2 is 1.93 bits per heavy atom. The summed E-state index contributed by atoms with van der Waals surface area (Å²) in [5, 5.41) is 7.35. The van der Waals surface area contributed by atoms with Crippen molar-refractivity contribution in [2.24, 2.45) is 5.92 Å². The van der Waals surface area contributed by atoms with Gasteiger partial charge in [0.2, 0.25) is 0 Å². The van der Waals surface area contributed by atoms with Gasteiger partial charge in [0.15, 0.2) is 5.76 Å². The SMILES string of the molecule is O=C(NCc1cc(-c2ccc(Cl)cc2)no1)c1ccc(C#CC2CCCC2)c(F)c1. The van der Waals surface area contributed by atoms with Crippen molar-refractivity contribution in [2.75, 3.05) is 0 Å². The molecule has 0 radical (unpaired) electrons. The predicted octanol–water partition coefficient (Wildman–Crippen LogP) is 5.61. The first kappa shape index (κ1) is 20.2.